The number of allylic oxidation sites excluding steroid dienone is 1. The molecule has 1 aliphatic rings. The van der Waals surface area contributed by atoms with Crippen molar-refractivity contribution >= 4 is 18.0 Å². The van der Waals surface area contributed by atoms with Crippen molar-refractivity contribution < 1.29 is 38.5 Å². The second kappa shape index (κ2) is 11.7. The van der Waals surface area contributed by atoms with E-state index in [1.165, 1.54) is 6.08 Å². The van der Waals surface area contributed by atoms with E-state index in [4.69, 9.17) is 19.0 Å². The van der Waals surface area contributed by atoms with Gasteiger partial charge in [0.15, 0.2) is 5.54 Å². The van der Waals surface area contributed by atoms with Gasteiger partial charge in [0.1, 0.15) is 30.7 Å². The van der Waals surface area contributed by atoms with E-state index >= 15 is 0 Å². The van der Waals surface area contributed by atoms with E-state index in [0.717, 1.165) is 0 Å². The normalized spacial score (nSPS) is 19.1. The Hall–Kier alpha value is -3.37. The molecule has 1 amide bonds. The molecule has 0 spiro atoms. The zero-order valence-corrected chi connectivity index (χ0v) is 19.8. The molecular formula is C24H32N2O8. The number of aliphatic hydroxyl groups excluding tert-OH is 1. The maximum atomic E-state index is 13.1. The SMILES string of the molecule is C=CCOC(=O)N[C@@H](CC(=O)OC(C)(C)C)C(O)COC(=O)C1(c2ccccc2)C=C(C)ON1. The van der Waals surface area contributed by atoms with E-state index in [-0.39, 0.29) is 13.0 Å². The van der Waals surface area contributed by atoms with Crippen molar-refractivity contribution in [1.82, 2.24) is 10.8 Å². The van der Waals surface area contributed by atoms with Crippen molar-refractivity contribution in [3.8, 4) is 0 Å². The van der Waals surface area contributed by atoms with Crippen LogP contribution in [-0.4, -0.2) is 54.1 Å². The van der Waals surface area contributed by atoms with Crippen LogP contribution in [0.1, 0.15) is 39.7 Å². The van der Waals surface area contributed by atoms with E-state index in [9.17, 15) is 19.5 Å². The molecule has 34 heavy (non-hydrogen) atoms. The first-order chi connectivity index (χ1) is 16.0. The average molecular weight is 477 g/mol. The van der Waals surface area contributed by atoms with Crippen molar-refractivity contribution in [2.75, 3.05) is 13.2 Å². The number of carbonyl (C=O) groups is 3. The summed E-state index contributed by atoms with van der Waals surface area (Å²) in [6, 6.07) is 7.64. The average Bonchev–Trinajstić information content (AvgIpc) is 3.17. The molecule has 3 N–H and O–H groups in total. The summed E-state index contributed by atoms with van der Waals surface area (Å²) in [6.07, 6.45) is 0.260. The third kappa shape index (κ3) is 7.60. The van der Waals surface area contributed by atoms with Gasteiger partial charge in [-0.1, -0.05) is 43.0 Å². The van der Waals surface area contributed by atoms with Gasteiger partial charge >= 0.3 is 18.0 Å². The second-order valence-corrected chi connectivity index (χ2v) is 8.73. The van der Waals surface area contributed by atoms with Crippen LogP contribution in [0, 0.1) is 0 Å². The Morgan fingerprint density at radius 3 is 2.47 bits per heavy atom. The third-order valence-electron chi connectivity index (χ3n) is 4.64. The van der Waals surface area contributed by atoms with E-state index in [1.54, 1.807) is 64.1 Å². The van der Waals surface area contributed by atoms with Crippen molar-refractivity contribution in [1.29, 1.82) is 0 Å². The highest BCUT2D eigenvalue weighted by Crippen LogP contribution is 2.31. The molecule has 3 atom stereocenters. The molecule has 186 valence electrons. The molecule has 2 unspecified atom stereocenters. The lowest BCUT2D eigenvalue weighted by molar-refractivity contribution is -0.158. The van der Waals surface area contributed by atoms with Gasteiger partial charge in [-0.25, -0.2) is 9.59 Å². The summed E-state index contributed by atoms with van der Waals surface area (Å²) in [5, 5.41) is 13.1. The van der Waals surface area contributed by atoms with Crippen LogP contribution in [0.15, 0.2) is 54.8 Å². The second-order valence-electron chi connectivity index (χ2n) is 8.73. The molecule has 0 saturated carbocycles. The number of hydrogen-bond donors (Lipinski definition) is 3. The predicted octanol–water partition coefficient (Wildman–Crippen LogP) is 2.24. The Morgan fingerprint density at radius 1 is 1.24 bits per heavy atom. The minimum absolute atomic E-state index is 0.0625. The monoisotopic (exact) mass is 476 g/mol. The number of nitrogens with one attached hydrogen (secondary N) is 2. The summed E-state index contributed by atoms with van der Waals surface area (Å²) < 4.78 is 15.5. The van der Waals surface area contributed by atoms with Gasteiger partial charge in [-0.3, -0.25) is 4.79 Å². The molecule has 0 radical (unpaired) electrons. The number of esters is 2. The molecule has 10 heteroatoms. The van der Waals surface area contributed by atoms with Crippen LogP contribution in [0.3, 0.4) is 0 Å². The van der Waals surface area contributed by atoms with Gasteiger partial charge in [-0.2, -0.15) is 0 Å². The lowest BCUT2D eigenvalue weighted by Crippen LogP contribution is -2.50. The molecule has 10 nitrogen and oxygen atoms in total. The number of hydrogen-bond acceptors (Lipinski definition) is 9. The topological polar surface area (TPSA) is 132 Å². The number of amides is 1. The number of carbonyl (C=O) groups excluding carboxylic acids is 3. The number of benzene rings is 1. The predicted molar refractivity (Wildman–Crippen MR) is 122 cm³/mol. The first-order valence-electron chi connectivity index (χ1n) is 10.8. The molecule has 1 heterocycles. The molecule has 1 aromatic rings. The number of hydroxylamine groups is 1. The smallest absolute Gasteiger partial charge is 0.407 e. The van der Waals surface area contributed by atoms with Crippen LogP contribution < -0.4 is 10.8 Å². The van der Waals surface area contributed by atoms with Crippen LogP contribution >= 0.6 is 0 Å². The Morgan fingerprint density at radius 2 is 1.91 bits per heavy atom. The van der Waals surface area contributed by atoms with Gasteiger partial charge in [0.2, 0.25) is 0 Å². The van der Waals surface area contributed by atoms with E-state index in [1.807, 2.05) is 0 Å². The Bertz CT molecular complexity index is 909. The van der Waals surface area contributed by atoms with Crippen LogP contribution in [0.2, 0.25) is 0 Å². The van der Waals surface area contributed by atoms with Gasteiger partial charge in [0.05, 0.1) is 12.5 Å². The van der Waals surface area contributed by atoms with E-state index in [2.05, 4.69) is 17.4 Å². The van der Waals surface area contributed by atoms with E-state index < -0.39 is 47.9 Å². The molecule has 0 aromatic heterocycles. The van der Waals surface area contributed by atoms with E-state index in [0.29, 0.717) is 11.3 Å². The van der Waals surface area contributed by atoms with Crippen LogP contribution in [0.5, 0.6) is 0 Å². The lowest BCUT2D eigenvalue weighted by atomic mass is 9.90. The van der Waals surface area contributed by atoms with Crippen LogP contribution in [-0.2, 0) is 34.2 Å². The van der Waals surface area contributed by atoms with Crippen molar-refractivity contribution in [3.63, 3.8) is 0 Å². The molecule has 2 rings (SSSR count). The summed E-state index contributed by atoms with van der Waals surface area (Å²) >= 11 is 0. The lowest BCUT2D eigenvalue weighted by Gasteiger charge is -2.28. The van der Waals surface area contributed by atoms with Crippen molar-refractivity contribution in [2.45, 2.75) is 57.4 Å². The highest BCUT2D eigenvalue weighted by atomic mass is 16.7. The fourth-order valence-electron chi connectivity index (χ4n) is 3.15. The van der Waals surface area contributed by atoms with Gasteiger partial charge in [-0.05, 0) is 39.3 Å². The Balaban J connectivity index is 2.12. The maximum absolute atomic E-state index is 13.1. The molecule has 0 bridgehead atoms. The van der Waals surface area contributed by atoms with Gasteiger partial charge < -0.3 is 29.5 Å². The minimum Gasteiger partial charge on any atom is -0.461 e. The molecule has 1 aliphatic heterocycles. The molecule has 0 aliphatic carbocycles. The fourth-order valence-corrected chi connectivity index (χ4v) is 3.15. The fraction of sp³-hybridized carbons (Fsp3) is 0.458. The standard InChI is InChI=1S/C24H32N2O8/c1-6-12-31-22(30)25-18(13-20(28)33-23(3,4)5)19(27)15-32-21(29)24(14-16(2)34-26-24)17-10-8-7-9-11-17/h6-11,14,18-19,26-27H,1,12-13,15H2,2-5H3,(H,25,30)/t18-,19?,24?/m0/s1. The van der Waals surface area contributed by atoms with Crippen LogP contribution in [0.25, 0.3) is 0 Å². The molecule has 0 fully saturated rings. The number of ether oxygens (including phenoxy) is 3. The van der Waals surface area contributed by atoms with Gasteiger partial charge in [0.25, 0.3) is 0 Å². The number of rotatable bonds is 10. The zero-order chi connectivity index (χ0) is 25.4. The highest BCUT2D eigenvalue weighted by Gasteiger charge is 2.45. The number of alkyl carbamates (subject to hydrolysis) is 1. The molecule has 1 aromatic carbocycles. The van der Waals surface area contributed by atoms with Crippen LogP contribution in [0.4, 0.5) is 4.79 Å². The number of aliphatic hydroxyl groups is 1. The Labute approximate surface area is 198 Å². The maximum Gasteiger partial charge on any atom is 0.407 e. The van der Waals surface area contributed by atoms with Crippen molar-refractivity contribution in [2.24, 2.45) is 0 Å². The summed E-state index contributed by atoms with van der Waals surface area (Å²) in [7, 11) is 0. The largest absolute Gasteiger partial charge is 0.461 e. The first kappa shape index (κ1) is 26.9. The minimum atomic E-state index is -1.44. The summed E-state index contributed by atoms with van der Waals surface area (Å²) in [6.45, 7) is 9.63. The highest BCUT2D eigenvalue weighted by molar-refractivity contribution is 5.85. The van der Waals surface area contributed by atoms with Gasteiger partial charge in [0, 0.05) is 0 Å². The quantitative estimate of drug-likeness (QED) is 0.264. The first-order valence-corrected chi connectivity index (χ1v) is 10.8. The summed E-state index contributed by atoms with van der Waals surface area (Å²) in [4.78, 5) is 42.7. The Kier molecular flexibility index (Phi) is 9.22. The van der Waals surface area contributed by atoms with Gasteiger partial charge in [-0.15, -0.1) is 5.48 Å². The summed E-state index contributed by atoms with van der Waals surface area (Å²) in [5.74, 6) is -0.923. The third-order valence-corrected chi connectivity index (χ3v) is 4.64. The van der Waals surface area contributed by atoms with Crippen molar-refractivity contribution in [3.05, 3.63) is 60.4 Å². The summed E-state index contributed by atoms with van der Waals surface area (Å²) in [5.41, 5.74) is 1.08. The molecular weight excluding hydrogens is 444 g/mol. The zero-order valence-electron chi connectivity index (χ0n) is 19.8. The molecule has 0 saturated heterocycles.